The Bertz CT molecular complexity index is 480. The molecule has 0 fully saturated rings. The zero-order valence-electron chi connectivity index (χ0n) is 8.49. The van der Waals surface area contributed by atoms with Crippen LogP contribution in [0.25, 0.3) is 5.70 Å². The maximum absolute atomic E-state index is 11.4. The first kappa shape index (κ1) is 10.2. The molecule has 4 N–H and O–H groups in total. The predicted molar refractivity (Wildman–Crippen MR) is 60.2 cm³/mol. The molecule has 0 spiro atoms. The first-order valence-electron chi connectivity index (χ1n) is 4.81. The first-order chi connectivity index (χ1) is 7.66. The van der Waals surface area contributed by atoms with Crippen LogP contribution >= 0.6 is 0 Å². The lowest BCUT2D eigenvalue weighted by Gasteiger charge is -2.07. The third-order valence-electron chi connectivity index (χ3n) is 2.22. The van der Waals surface area contributed by atoms with Crippen molar-refractivity contribution in [1.29, 1.82) is 0 Å². The van der Waals surface area contributed by atoms with E-state index in [1.54, 1.807) is 6.07 Å². The van der Waals surface area contributed by atoms with Gasteiger partial charge in [-0.15, -0.1) is 0 Å². The number of primary amides is 1. The summed E-state index contributed by atoms with van der Waals surface area (Å²) < 4.78 is 0. The number of amides is 2. The number of anilines is 1. The number of hydrogen-bond acceptors (Lipinski definition) is 3. The van der Waals surface area contributed by atoms with E-state index >= 15 is 0 Å². The molecule has 1 aliphatic rings. The highest BCUT2D eigenvalue weighted by Gasteiger charge is 2.15. The van der Waals surface area contributed by atoms with Crippen molar-refractivity contribution in [1.82, 2.24) is 5.32 Å². The van der Waals surface area contributed by atoms with Crippen molar-refractivity contribution >= 4 is 23.2 Å². The highest BCUT2D eigenvalue weighted by atomic mass is 16.2. The molecule has 0 unspecified atom stereocenters. The maximum Gasteiger partial charge on any atom is 0.243 e. The van der Waals surface area contributed by atoms with E-state index in [4.69, 9.17) is 5.73 Å². The second kappa shape index (κ2) is 4.06. The lowest BCUT2D eigenvalue weighted by atomic mass is 10.1. The van der Waals surface area contributed by atoms with E-state index in [1.807, 2.05) is 18.2 Å². The van der Waals surface area contributed by atoms with Crippen molar-refractivity contribution in [3.8, 4) is 0 Å². The van der Waals surface area contributed by atoms with Crippen molar-refractivity contribution in [2.45, 2.75) is 0 Å². The minimum absolute atomic E-state index is 0.119. The van der Waals surface area contributed by atoms with Gasteiger partial charge in [0.2, 0.25) is 11.8 Å². The zero-order valence-corrected chi connectivity index (χ0v) is 8.49. The molecule has 1 aliphatic heterocycles. The molecular formula is C11H11N3O2. The van der Waals surface area contributed by atoms with Gasteiger partial charge < -0.3 is 16.4 Å². The molecule has 1 heterocycles. The Morgan fingerprint density at radius 1 is 1.38 bits per heavy atom. The summed E-state index contributed by atoms with van der Waals surface area (Å²) >= 11 is 0. The fourth-order valence-electron chi connectivity index (χ4n) is 1.56. The Balaban J connectivity index is 2.50. The summed E-state index contributed by atoms with van der Waals surface area (Å²) in [5.41, 5.74) is 7.09. The van der Waals surface area contributed by atoms with Crippen LogP contribution in [0.1, 0.15) is 5.56 Å². The van der Waals surface area contributed by atoms with Crippen molar-refractivity contribution in [2.24, 2.45) is 5.73 Å². The van der Waals surface area contributed by atoms with Crippen LogP contribution in [0.2, 0.25) is 0 Å². The number of carbonyl (C=O) groups excluding carboxylic acids is 2. The monoisotopic (exact) mass is 217 g/mol. The molecule has 1 aromatic carbocycles. The number of para-hydroxylation sites is 1. The molecule has 0 atom stereocenters. The van der Waals surface area contributed by atoms with E-state index in [-0.39, 0.29) is 12.5 Å². The number of hydrogen-bond donors (Lipinski definition) is 3. The number of carbonyl (C=O) groups is 2. The number of fused-ring (bicyclic) bond motifs is 1. The number of nitrogens with one attached hydrogen (secondary N) is 2. The molecule has 0 aliphatic carbocycles. The maximum atomic E-state index is 11.4. The van der Waals surface area contributed by atoms with Crippen LogP contribution in [0.4, 0.5) is 5.69 Å². The molecule has 0 aromatic heterocycles. The summed E-state index contributed by atoms with van der Waals surface area (Å²) in [6.07, 6.45) is 1.28. The average molecular weight is 217 g/mol. The SMILES string of the molecule is NC(=O)/C=C1\NCC(=O)Nc2ccccc21. The highest BCUT2D eigenvalue weighted by molar-refractivity contribution is 6.01. The van der Waals surface area contributed by atoms with E-state index in [2.05, 4.69) is 10.6 Å². The summed E-state index contributed by atoms with van der Waals surface area (Å²) in [5, 5.41) is 5.60. The van der Waals surface area contributed by atoms with Gasteiger partial charge >= 0.3 is 0 Å². The van der Waals surface area contributed by atoms with Gasteiger partial charge in [0.05, 0.1) is 12.2 Å². The Kier molecular flexibility index (Phi) is 2.59. The molecule has 0 saturated heterocycles. The van der Waals surface area contributed by atoms with Crippen LogP contribution in [0, 0.1) is 0 Å². The molecule has 16 heavy (non-hydrogen) atoms. The Hall–Kier alpha value is -2.30. The number of rotatable bonds is 1. The minimum Gasteiger partial charge on any atom is -0.375 e. The van der Waals surface area contributed by atoms with Gasteiger partial charge in [-0.25, -0.2) is 0 Å². The minimum atomic E-state index is -0.549. The molecule has 2 rings (SSSR count). The number of nitrogens with two attached hydrogens (primary N) is 1. The summed E-state index contributed by atoms with van der Waals surface area (Å²) in [4.78, 5) is 22.2. The number of benzene rings is 1. The molecule has 82 valence electrons. The smallest absolute Gasteiger partial charge is 0.243 e. The topological polar surface area (TPSA) is 84.2 Å². The van der Waals surface area contributed by atoms with E-state index in [0.29, 0.717) is 11.4 Å². The van der Waals surface area contributed by atoms with Gasteiger partial charge in [0.1, 0.15) is 0 Å². The van der Waals surface area contributed by atoms with Gasteiger partial charge in [-0.2, -0.15) is 0 Å². The summed E-state index contributed by atoms with van der Waals surface area (Å²) in [5.74, 6) is -0.702. The molecular weight excluding hydrogens is 206 g/mol. The Morgan fingerprint density at radius 2 is 2.12 bits per heavy atom. The van der Waals surface area contributed by atoms with Gasteiger partial charge in [-0.05, 0) is 6.07 Å². The fourth-order valence-corrected chi connectivity index (χ4v) is 1.56. The summed E-state index contributed by atoms with van der Waals surface area (Å²) in [7, 11) is 0. The van der Waals surface area contributed by atoms with Crippen LogP contribution in [0.3, 0.4) is 0 Å². The lowest BCUT2D eigenvalue weighted by Crippen LogP contribution is -2.24. The highest BCUT2D eigenvalue weighted by Crippen LogP contribution is 2.23. The lowest BCUT2D eigenvalue weighted by molar-refractivity contribution is -0.115. The molecule has 0 radical (unpaired) electrons. The first-order valence-corrected chi connectivity index (χ1v) is 4.81. The van der Waals surface area contributed by atoms with Crippen LogP contribution in [0.15, 0.2) is 30.3 Å². The largest absolute Gasteiger partial charge is 0.375 e. The van der Waals surface area contributed by atoms with E-state index in [1.165, 1.54) is 6.08 Å². The molecule has 0 saturated carbocycles. The van der Waals surface area contributed by atoms with Crippen molar-refractivity contribution < 1.29 is 9.59 Å². The van der Waals surface area contributed by atoms with Crippen LogP contribution in [-0.4, -0.2) is 18.4 Å². The van der Waals surface area contributed by atoms with E-state index < -0.39 is 5.91 Å². The van der Waals surface area contributed by atoms with Gasteiger partial charge in [0.15, 0.2) is 0 Å². The van der Waals surface area contributed by atoms with Gasteiger partial charge in [0.25, 0.3) is 0 Å². The van der Waals surface area contributed by atoms with Crippen LogP contribution in [-0.2, 0) is 9.59 Å². The van der Waals surface area contributed by atoms with E-state index in [9.17, 15) is 9.59 Å². The van der Waals surface area contributed by atoms with Crippen molar-refractivity contribution in [3.05, 3.63) is 35.9 Å². The van der Waals surface area contributed by atoms with Gasteiger partial charge in [-0.1, -0.05) is 18.2 Å². The fraction of sp³-hybridized carbons (Fsp3) is 0.0909. The quantitative estimate of drug-likeness (QED) is 0.581. The summed E-state index contributed by atoms with van der Waals surface area (Å²) in [6.45, 7) is 0.119. The molecule has 2 amide bonds. The second-order valence-corrected chi connectivity index (χ2v) is 3.41. The third-order valence-corrected chi connectivity index (χ3v) is 2.22. The predicted octanol–water partition coefficient (Wildman–Crippen LogP) is 0.0545. The van der Waals surface area contributed by atoms with Gasteiger partial charge in [-0.3, -0.25) is 9.59 Å². The van der Waals surface area contributed by atoms with E-state index in [0.717, 1.165) is 5.56 Å². The third kappa shape index (κ3) is 2.03. The Labute approximate surface area is 92.3 Å². The normalized spacial score (nSPS) is 17.0. The van der Waals surface area contributed by atoms with Crippen LogP contribution < -0.4 is 16.4 Å². The van der Waals surface area contributed by atoms with Gasteiger partial charge in [0, 0.05) is 17.3 Å². The summed E-state index contributed by atoms with van der Waals surface area (Å²) in [6, 6.07) is 7.22. The molecule has 5 nitrogen and oxygen atoms in total. The van der Waals surface area contributed by atoms with Crippen molar-refractivity contribution in [2.75, 3.05) is 11.9 Å². The van der Waals surface area contributed by atoms with Crippen molar-refractivity contribution in [3.63, 3.8) is 0 Å². The Morgan fingerprint density at radius 3 is 2.88 bits per heavy atom. The zero-order chi connectivity index (χ0) is 11.5. The molecule has 5 heteroatoms. The standard InChI is InChI=1S/C11H11N3O2/c12-10(15)5-9-7-3-1-2-4-8(7)14-11(16)6-13-9/h1-5,13H,6H2,(H2,12,15)(H,14,16)/b9-5-. The second-order valence-electron chi connectivity index (χ2n) is 3.41. The average Bonchev–Trinajstić information content (AvgIpc) is 2.38. The molecule has 0 bridgehead atoms. The molecule has 1 aromatic rings. The van der Waals surface area contributed by atoms with Crippen LogP contribution in [0.5, 0.6) is 0 Å².